The number of aldehydes is 1. The molecule has 1 aromatic carbocycles. The predicted octanol–water partition coefficient (Wildman–Crippen LogP) is 2.42. The Kier molecular flexibility index (Phi) is 5.38. The molecule has 0 radical (unpaired) electrons. The van der Waals surface area contributed by atoms with Crippen molar-refractivity contribution in [1.82, 2.24) is 0 Å². The summed E-state index contributed by atoms with van der Waals surface area (Å²) in [6, 6.07) is 2.46. The minimum Gasteiger partial charge on any atom is -0.493 e. The van der Waals surface area contributed by atoms with Gasteiger partial charge in [0.15, 0.2) is 17.8 Å². The molecule has 0 aliphatic heterocycles. The number of carbonyl (C=O) groups is 1. The molecule has 0 N–H and O–H groups in total. The molecule has 6 nitrogen and oxygen atoms in total. The fourth-order valence-corrected chi connectivity index (χ4v) is 1.44. The largest absolute Gasteiger partial charge is 0.493 e. The molecular formula is C11H12ClNO5. The summed E-state index contributed by atoms with van der Waals surface area (Å²) in [6.45, 7) is 0.343. The first-order chi connectivity index (χ1) is 8.63. The molecule has 1 aromatic rings. The molecule has 98 valence electrons. The molecule has 0 heterocycles. The summed E-state index contributed by atoms with van der Waals surface area (Å²) >= 11 is 5.51. The summed E-state index contributed by atoms with van der Waals surface area (Å²) in [7, 11) is 1.37. The van der Waals surface area contributed by atoms with Crippen molar-refractivity contribution in [1.29, 1.82) is 0 Å². The van der Waals surface area contributed by atoms with Crippen LogP contribution in [-0.4, -0.2) is 30.8 Å². The number of nitrogens with zero attached hydrogens (tertiary/aromatic N) is 1. The van der Waals surface area contributed by atoms with Crippen LogP contribution in [0.3, 0.4) is 0 Å². The van der Waals surface area contributed by atoms with E-state index in [1.807, 2.05) is 0 Å². The van der Waals surface area contributed by atoms with Crippen molar-refractivity contribution in [3.63, 3.8) is 0 Å². The number of hydrogen-bond acceptors (Lipinski definition) is 5. The highest BCUT2D eigenvalue weighted by Gasteiger charge is 2.19. The van der Waals surface area contributed by atoms with Crippen LogP contribution < -0.4 is 9.47 Å². The maximum atomic E-state index is 10.8. The average molecular weight is 274 g/mol. The third-order valence-electron chi connectivity index (χ3n) is 2.17. The topological polar surface area (TPSA) is 78.7 Å². The number of alkyl halides is 1. The maximum Gasteiger partial charge on any atom is 0.283 e. The van der Waals surface area contributed by atoms with E-state index < -0.39 is 4.92 Å². The van der Waals surface area contributed by atoms with Crippen molar-refractivity contribution < 1.29 is 19.2 Å². The second kappa shape index (κ2) is 6.80. The van der Waals surface area contributed by atoms with Crippen LogP contribution in [0.5, 0.6) is 11.5 Å². The molecule has 0 saturated heterocycles. The molecule has 0 amide bonds. The quantitative estimate of drug-likeness (QED) is 0.251. The zero-order valence-electron chi connectivity index (χ0n) is 9.72. The normalized spacial score (nSPS) is 9.89. The zero-order chi connectivity index (χ0) is 13.5. The van der Waals surface area contributed by atoms with Crippen LogP contribution in [0, 0.1) is 10.1 Å². The van der Waals surface area contributed by atoms with E-state index in [-0.39, 0.29) is 22.7 Å². The van der Waals surface area contributed by atoms with Gasteiger partial charge in [0.25, 0.3) is 5.69 Å². The van der Waals surface area contributed by atoms with E-state index in [0.29, 0.717) is 25.2 Å². The third-order valence-corrected chi connectivity index (χ3v) is 2.44. The highest BCUT2D eigenvalue weighted by molar-refractivity contribution is 6.17. The van der Waals surface area contributed by atoms with Crippen LogP contribution in [0.1, 0.15) is 16.8 Å². The summed E-state index contributed by atoms with van der Waals surface area (Å²) in [6.07, 6.45) is 1.03. The van der Waals surface area contributed by atoms with E-state index in [9.17, 15) is 14.9 Å². The summed E-state index contributed by atoms with van der Waals surface area (Å²) in [5, 5.41) is 10.8. The van der Waals surface area contributed by atoms with E-state index in [0.717, 1.165) is 0 Å². The summed E-state index contributed by atoms with van der Waals surface area (Å²) in [4.78, 5) is 20.9. The number of rotatable bonds is 7. The van der Waals surface area contributed by atoms with Gasteiger partial charge in [-0.05, 0) is 6.42 Å². The number of hydrogen-bond donors (Lipinski definition) is 0. The van der Waals surface area contributed by atoms with Gasteiger partial charge in [0.1, 0.15) is 0 Å². The molecular weight excluding hydrogens is 262 g/mol. The van der Waals surface area contributed by atoms with Gasteiger partial charge in [0.05, 0.1) is 30.3 Å². The highest BCUT2D eigenvalue weighted by Crippen LogP contribution is 2.33. The average Bonchev–Trinajstić information content (AvgIpc) is 2.38. The molecule has 0 aliphatic rings. The van der Waals surface area contributed by atoms with Crippen molar-refractivity contribution in [2.24, 2.45) is 0 Å². The van der Waals surface area contributed by atoms with Gasteiger partial charge in [-0.2, -0.15) is 0 Å². The Balaban J connectivity index is 3.09. The van der Waals surface area contributed by atoms with E-state index in [1.54, 1.807) is 0 Å². The predicted molar refractivity (Wildman–Crippen MR) is 65.9 cm³/mol. The second-order valence-corrected chi connectivity index (χ2v) is 3.71. The Hall–Kier alpha value is -1.82. The molecule has 0 saturated carbocycles. The molecule has 0 bridgehead atoms. The van der Waals surface area contributed by atoms with Crippen LogP contribution in [-0.2, 0) is 0 Å². The number of halogens is 1. The lowest BCUT2D eigenvalue weighted by Gasteiger charge is -2.10. The molecule has 0 spiro atoms. The number of carbonyl (C=O) groups excluding carboxylic acids is 1. The third kappa shape index (κ3) is 3.33. The number of methoxy groups -OCH3 is 1. The van der Waals surface area contributed by atoms with E-state index in [4.69, 9.17) is 21.1 Å². The van der Waals surface area contributed by atoms with Crippen LogP contribution >= 0.6 is 11.6 Å². The lowest BCUT2D eigenvalue weighted by Crippen LogP contribution is -2.02. The minimum absolute atomic E-state index is 0.0540. The van der Waals surface area contributed by atoms with E-state index in [2.05, 4.69) is 0 Å². The molecule has 1 rings (SSSR count). The Morgan fingerprint density at radius 2 is 2.17 bits per heavy atom. The van der Waals surface area contributed by atoms with Gasteiger partial charge >= 0.3 is 0 Å². The molecule has 0 aromatic heterocycles. The molecule has 7 heteroatoms. The van der Waals surface area contributed by atoms with Gasteiger partial charge in [-0.1, -0.05) is 0 Å². The van der Waals surface area contributed by atoms with Crippen LogP contribution in [0.25, 0.3) is 0 Å². The minimum atomic E-state index is -0.644. The zero-order valence-corrected chi connectivity index (χ0v) is 10.5. The summed E-state index contributed by atoms with van der Waals surface area (Å²) in [5.74, 6) is 0.938. The highest BCUT2D eigenvalue weighted by atomic mass is 35.5. The smallest absolute Gasteiger partial charge is 0.283 e. The van der Waals surface area contributed by atoms with Crippen LogP contribution in [0.4, 0.5) is 5.69 Å². The SMILES string of the molecule is COc1cc([N+](=O)[O-])c(C=O)cc1OCCCCl. The number of nitro benzene ring substituents is 1. The Bertz CT molecular complexity index is 449. The molecule has 0 unspecified atom stereocenters. The molecule has 0 atom stereocenters. The lowest BCUT2D eigenvalue weighted by molar-refractivity contribution is -0.385. The standard InChI is InChI=1S/C11H12ClNO5/c1-17-10-6-9(13(15)16)8(7-14)5-11(10)18-4-2-3-12/h5-7H,2-4H2,1H3. The van der Waals surface area contributed by atoms with Crippen LogP contribution in [0.2, 0.25) is 0 Å². The molecule has 0 aliphatic carbocycles. The van der Waals surface area contributed by atoms with Gasteiger partial charge in [0.2, 0.25) is 0 Å². The van der Waals surface area contributed by atoms with Crippen molar-refractivity contribution in [2.75, 3.05) is 19.6 Å². The van der Waals surface area contributed by atoms with Gasteiger partial charge in [0, 0.05) is 11.9 Å². The van der Waals surface area contributed by atoms with Gasteiger partial charge in [-0.25, -0.2) is 0 Å². The van der Waals surface area contributed by atoms with Crippen molar-refractivity contribution >= 4 is 23.6 Å². The summed E-state index contributed by atoms with van der Waals surface area (Å²) < 4.78 is 10.3. The first-order valence-electron chi connectivity index (χ1n) is 5.14. The van der Waals surface area contributed by atoms with Crippen molar-refractivity contribution in [2.45, 2.75) is 6.42 Å². The maximum absolute atomic E-state index is 10.8. The van der Waals surface area contributed by atoms with Gasteiger partial charge < -0.3 is 9.47 Å². The number of benzene rings is 1. The second-order valence-electron chi connectivity index (χ2n) is 3.33. The first-order valence-corrected chi connectivity index (χ1v) is 5.67. The number of nitro groups is 1. The number of ether oxygens (including phenoxy) is 2. The van der Waals surface area contributed by atoms with Crippen molar-refractivity contribution in [3.05, 3.63) is 27.8 Å². The van der Waals surface area contributed by atoms with E-state index >= 15 is 0 Å². The monoisotopic (exact) mass is 273 g/mol. The molecule has 0 fully saturated rings. The molecule has 18 heavy (non-hydrogen) atoms. The summed E-state index contributed by atoms with van der Waals surface area (Å²) in [5.41, 5.74) is -0.367. The van der Waals surface area contributed by atoms with E-state index in [1.165, 1.54) is 19.2 Å². The van der Waals surface area contributed by atoms with Crippen LogP contribution in [0.15, 0.2) is 12.1 Å². The van der Waals surface area contributed by atoms with Gasteiger partial charge in [-0.3, -0.25) is 14.9 Å². The van der Waals surface area contributed by atoms with Gasteiger partial charge in [-0.15, -0.1) is 11.6 Å². The fourth-order valence-electron chi connectivity index (χ4n) is 1.33. The van der Waals surface area contributed by atoms with Crippen molar-refractivity contribution in [3.8, 4) is 11.5 Å². The fraction of sp³-hybridized carbons (Fsp3) is 0.364. The lowest BCUT2D eigenvalue weighted by atomic mass is 10.1. The first kappa shape index (κ1) is 14.2. The Labute approximate surface area is 109 Å². The Morgan fingerprint density at radius 1 is 1.44 bits per heavy atom. The Morgan fingerprint density at radius 3 is 2.67 bits per heavy atom.